The van der Waals surface area contributed by atoms with Crippen molar-refractivity contribution in [1.82, 2.24) is 19.6 Å². The van der Waals surface area contributed by atoms with Gasteiger partial charge in [0.25, 0.3) is 0 Å². The van der Waals surface area contributed by atoms with Crippen LogP contribution in [-0.4, -0.2) is 19.6 Å². The van der Waals surface area contributed by atoms with E-state index in [9.17, 15) is 9.65 Å². The molecule has 0 aliphatic carbocycles. The van der Waals surface area contributed by atoms with Gasteiger partial charge in [-0.05, 0) is 24.3 Å². The maximum atomic E-state index is 13.9. The maximum Gasteiger partial charge on any atom is 0.214 e. The molecule has 0 atom stereocenters. The minimum atomic E-state index is -0.354. The molecule has 3 aromatic heterocycles. The Morgan fingerprint density at radius 1 is 1.13 bits per heavy atom. The number of pyridine rings is 1. The van der Waals surface area contributed by atoms with Crippen LogP contribution in [0, 0.1) is 17.1 Å². The molecule has 4 aromatic rings. The fourth-order valence-electron chi connectivity index (χ4n) is 2.27. The second kappa shape index (κ2) is 5.26. The number of nitrogens with zero attached hydrogens (tertiary/aromatic N) is 5. The zero-order chi connectivity index (χ0) is 15.8. The van der Waals surface area contributed by atoms with E-state index >= 15 is 0 Å². The number of hydrogen-bond acceptors (Lipinski definition) is 5. The first-order chi connectivity index (χ1) is 11.3. The van der Waals surface area contributed by atoms with Crippen molar-refractivity contribution in [3.8, 4) is 28.0 Å². The van der Waals surface area contributed by atoms with Gasteiger partial charge in [0.15, 0.2) is 10.7 Å². The highest BCUT2D eigenvalue weighted by molar-refractivity contribution is 7.19. The van der Waals surface area contributed by atoms with Crippen molar-refractivity contribution in [2.75, 3.05) is 0 Å². The molecule has 1 aromatic carbocycles. The van der Waals surface area contributed by atoms with Gasteiger partial charge in [0.05, 0.1) is 5.69 Å². The zero-order valence-corrected chi connectivity index (χ0v) is 12.5. The highest BCUT2D eigenvalue weighted by atomic mass is 32.1. The predicted molar refractivity (Wildman–Crippen MR) is 84.2 cm³/mol. The van der Waals surface area contributed by atoms with Crippen molar-refractivity contribution in [3.63, 3.8) is 0 Å². The lowest BCUT2D eigenvalue weighted by Crippen LogP contribution is -1.92. The lowest BCUT2D eigenvalue weighted by molar-refractivity contribution is 0.631. The third-order valence-corrected chi connectivity index (χ3v) is 4.26. The quantitative estimate of drug-likeness (QED) is 0.566. The molecule has 110 valence electrons. The molecule has 0 N–H and O–H groups in total. The van der Waals surface area contributed by atoms with E-state index < -0.39 is 0 Å². The van der Waals surface area contributed by atoms with Crippen LogP contribution in [0.15, 0.2) is 48.7 Å². The van der Waals surface area contributed by atoms with Gasteiger partial charge in [-0.15, -0.1) is 0 Å². The highest BCUT2D eigenvalue weighted by Crippen LogP contribution is 2.31. The van der Waals surface area contributed by atoms with Crippen LogP contribution >= 0.6 is 11.3 Å². The molecule has 0 amide bonds. The summed E-state index contributed by atoms with van der Waals surface area (Å²) < 4.78 is 15.3. The Labute approximate surface area is 134 Å². The second-order valence-electron chi connectivity index (χ2n) is 4.72. The standard InChI is InChI=1S/C16H8FN5S/c17-11-6-2-1-5-10(11)15-21-22-13(9-18)14(20-16(22)23-15)12-7-3-4-8-19-12/h1-8H. The van der Waals surface area contributed by atoms with Crippen molar-refractivity contribution in [1.29, 1.82) is 5.26 Å². The van der Waals surface area contributed by atoms with E-state index in [1.807, 2.05) is 6.07 Å². The van der Waals surface area contributed by atoms with Gasteiger partial charge in [-0.3, -0.25) is 4.98 Å². The molecular weight excluding hydrogens is 313 g/mol. The zero-order valence-electron chi connectivity index (χ0n) is 11.6. The van der Waals surface area contributed by atoms with E-state index in [2.05, 4.69) is 21.1 Å². The average molecular weight is 321 g/mol. The summed E-state index contributed by atoms with van der Waals surface area (Å²) in [7, 11) is 0. The number of aromatic nitrogens is 4. The minimum Gasteiger partial charge on any atom is -0.255 e. The molecule has 4 rings (SSSR count). The molecular formula is C16H8FN5S. The number of rotatable bonds is 2. The fourth-order valence-corrected chi connectivity index (χ4v) is 3.20. The van der Waals surface area contributed by atoms with E-state index in [1.165, 1.54) is 21.9 Å². The van der Waals surface area contributed by atoms with E-state index in [-0.39, 0.29) is 11.5 Å². The van der Waals surface area contributed by atoms with Gasteiger partial charge in [-0.25, -0.2) is 9.37 Å². The number of halogens is 1. The Bertz CT molecular complexity index is 1050. The van der Waals surface area contributed by atoms with Gasteiger partial charge in [0.2, 0.25) is 4.96 Å². The summed E-state index contributed by atoms with van der Waals surface area (Å²) in [5, 5.41) is 14.3. The topological polar surface area (TPSA) is 66.9 Å². The van der Waals surface area contributed by atoms with Gasteiger partial charge < -0.3 is 0 Å². The number of hydrogen-bond donors (Lipinski definition) is 0. The van der Waals surface area contributed by atoms with Crippen LogP contribution in [-0.2, 0) is 0 Å². The van der Waals surface area contributed by atoms with Crippen LogP contribution < -0.4 is 0 Å². The van der Waals surface area contributed by atoms with Crippen LogP contribution in [0.4, 0.5) is 4.39 Å². The van der Waals surface area contributed by atoms with Crippen molar-refractivity contribution < 1.29 is 4.39 Å². The molecule has 0 saturated heterocycles. The molecule has 0 bridgehead atoms. The molecule has 0 saturated carbocycles. The molecule has 3 heterocycles. The molecule has 0 aliphatic rings. The van der Waals surface area contributed by atoms with E-state index in [0.717, 1.165) is 0 Å². The Morgan fingerprint density at radius 2 is 1.96 bits per heavy atom. The van der Waals surface area contributed by atoms with Crippen LogP contribution in [0.1, 0.15) is 5.69 Å². The van der Waals surface area contributed by atoms with Gasteiger partial charge in [-0.1, -0.05) is 29.5 Å². The van der Waals surface area contributed by atoms with E-state index in [0.29, 0.717) is 26.9 Å². The molecule has 23 heavy (non-hydrogen) atoms. The van der Waals surface area contributed by atoms with E-state index in [1.54, 1.807) is 36.5 Å². The lowest BCUT2D eigenvalue weighted by Gasteiger charge is -1.97. The van der Waals surface area contributed by atoms with Crippen molar-refractivity contribution in [2.45, 2.75) is 0 Å². The normalized spacial score (nSPS) is 10.8. The Kier molecular flexibility index (Phi) is 3.10. The summed E-state index contributed by atoms with van der Waals surface area (Å²) in [5.74, 6) is -0.354. The van der Waals surface area contributed by atoms with Crippen molar-refractivity contribution >= 4 is 16.3 Å². The molecule has 0 radical (unpaired) electrons. The molecule has 0 fully saturated rings. The Balaban J connectivity index is 1.91. The fraction of sp³-hybridized carbons (Fsp3) is 0. The summed E-state index contributed by atoms with van der Waals surface area (Å²) in [4.78, 5) is 9.19. The largest absolute Gasteiger partial charge is 0.255 e. The third kappa shape index (κ3) is 2.17. The molecule has 0 unspecified atom stereocenters. The van der Waals surface area contributed by atoms with Gasteiger partial charge in [-0.2, -0.15) is 14.9 Å². The lowest BCUT2D eigenvalue weighted by atomic mass is 10.2. The minimum absolute atomic E-state index is 0.289. The highest BCUT2D eigenvalue weighted by Gasteiger charge is 2.19. The van der Waals surface area contributed by atoms with Crippen LogP contribution in [0.25, 0.3) is 26.9 Å². The van der Waals surface area contributed by atoms with Gasteiger partial charge in [0, 0.05) is 11.8 Å². The first-order valence-corrected chi connectivity index (χ1v) is 7.55. The summed E-state index contributed by atoms with van der Waals surface area (Å²) in [5.41, 5.74) is 1.77. The first kappa shape index (κ1) is 13.5. The molecule has 7 heteroatoms. The van der Waals surface area contributed by atoms with Crippen LogP contribution in [0.2, 0.25) is 0 Å². The summed E-state index contributed by atoms with van der Waals surface area (Å²) in [6, 6.07) is 13.9. The summed E-state index contributed by atoms with van der Waals surface area (Å²) in [6.07, 6.45) is 1.64. The SMILES string of the molecule is N#Cc1c(-c2ccccn2)nc2sc(-c3ccccc3F)nn12. The predicted octanol–water partition coefficient (Wildman–Crippen LogP) is 3.53. The third-order valence-electron chi connectivity index (χ3n) is 3.32. The summed E-state index contributed by atoms with van der Waals surface area (Å²) in [6.45, 7) is 0. The van der Waals surface area contributed by atoms with Crippen molar-refractivity contribution in [3.05, 3.63) is 60.2 Å². The number of fused-ring (bicyclic) bond motifs is 1. The maximum absolute atomic E-state index is 13.9. The number of benzene rings is 1. The van der Waals surface area contributed by atoms with Gasteiger partial charge in [0.1, 0.15) is 17.6 Å². The number of imidazole rings is 1. The summed E-state index contributed by atoms with van der Waals surface area (Å²) >= 11 is 1.23. The second-order valence-corrected chi connectivity index (χ2v) is 5.67. The average Bonchev–Trinajstić information content (AvgIpc) is 3.13. The van der Waals surface area contributed by atoms with Gasteiger partial charge >= 0.3 is 0 Å². The van der Waals surface area contributed by atoms with Crippen LogP contribution in [0.5, 0.6) is 0 Å². The molecule has 0 spiro atoms. The molecule has 0 aliphatic heterocycles. The Morgan fingerprint density at radius 3 is 2.70 bits per heavy atom. The molecule has 5 nitrogen and oxygen atoms in total. The van der Waals surface area contributed by atoms with E-state index in [4.69, 9.17) is 0 Å². The smallest absolute Gasteiger partial charge is 0.214 e. The first-order valence-electron chi connectivity index (χ1n) is 6.74. The van der Waals surface area contributed by atoms with Crippen LogP contribution in [0.3, 0.4) is 0 Å². The Hall–Kier alpha value is -3.11. The number of nitriles is 1. The van der Waals surface area contributed by atoms with Crippen molar-refractivity contribution in [2.24, 2.45) is 0 Å². The monoisotopic (exact) mass is 321 g/mol.